The van der Waals surface area contributed by atoms with E-state index >= 15 is 4.39 Å². The van der Waals surface area contributed by atoms with E-state index in [0.717, 1.165) is 18.4 Å². The average molecular weight is 545 g/mol. The standard InChI is InChI=1S/C30H33F3O4.C2H6/c1-5-13-30(2,3)17-20-14-21(18-37-27-8-6-7-19(29(27)33)9-12-28(34)35)26(32)16-23(20)24-15-22(36-4)10-11-25(24)31;1-2/h6-8,10-11,14-16H,5,9,12-13,17-18H2,1-4H3,(H,34,35);1-2H3. The average Bonchev–Trinajstić information content (AvgIpc) is 2.90. The van der Waals surface area contributed by atoms with Crippen molar-refractivity contribution < 1.29 is 32.5 Å². The van der Waals surface area contributed by atoms with Crippen LogP contribution in [0.25, 0.3) is 11.1 Å². The maximum Gasteiger partial charge on any atom is 0.303 e. The fourth-order valence-electron chi connectivity index (χ4n) is 4.55. The molecule has 0 radical (unpaired) electrons. The molecule has 0 fully saturated rings. The molecule has 3 rings (SSSR count). The molecule has 0 saturated carbocycles. The van der Waals surface area contributed by atoms with Crippen LogP contribution in [0.2, 0.25) is 0 Å². The van der Waals surface area contributed by atoms with Gasteiger partial charge in [0.1, 0.15) is 24.0 Å². The molecule has 0 aliphatic carbocycles. The lowest BCUT2D eigenvalue weighted by molar-refractivity contribution is -0.136. The van der Waals surface area contributed by atoms with E-state index in [9.17, 15) is 13.6 Å². The van der Waals surface area contributed by atoms with E-state index in [1.807, 2.05) is 13.8 Å². The van der Waals surface area contributed by atoms with Crippen molar-refractivity contribution in [3.8, 4) is 22.6 Å². The highest BCUT2D eigenvalue weighted by molar-refractivity contribution is 5.70. The van der Waals surface area contributed by atoms with Gasteiger partial charge >= 0.3 is 5.97 Å². The van der Waals surface area contributed by atoms with Crippen molar-refractivity contribution in [3.05, 3.63) is 82.7 Å². The minimum Gasteiger partial charge on any atom is -0.497 e. The monoisotopic (exact) mass is 544 g/mol. The third kappa shape index (κ3) is 8.77. The minimum absolute atomic E-state index is 0.0180. The van der Waals surface area contributed by atoms with Gasteiger partial charge in [0.25, 0.3) is 0 Å². The first-order chi connectivity index (χ1) is 18.5. The van der Waals surface area contributed by atoms with Gasteiger partial charge in [-0.05, 0) is 77.8 Å². The van der Waals surface area contributed by atoms with Crippen LogP contribution in [0.1, 0.15) is 70.6 Å². The van der Waals surface area contributed by atoms with Crippen LogP contribution in [0, 0.1) is 22.9 Å². The smallest absolute Gasteiger partial charge is 0.303 e. The van der Waals surface area contributed by atoms with Crippen LogP contribution in [0.4, 0.5) is 13.2 Å². The fraction of sp³-hybridized carbons (Fsp3) is 0.406. The van der Waals surface area contributed by atoms with E-state index in [-0.39, 0.29) is 47.3 Å². The van der Waals surface area contributed by atoms with Gasteiger partial charge in [-0.1, -0.05) is 53.2 Å². The predicted molar refractivity (Wildman–Crippen MR) is 149 cm³/mol. The van der Waals surface area contributed by atoms with Crippen LogP contribution in [0.5, 0.6) is 11.5 Å². The number of halogens is 3. The van der Waals surface area contributed by atoms with Gasteiger partial charge < -0.3 is 14.6 Å². The molecular formula is C32H39F3O4. The third-order valence-electron chi connectivity index (χ3n) is 6.37. The molecule has 1 N–H and O–H groups in total. The Morgan fingerprint density at radius 2 is 1.64 bits per heavy atom. The maximum atomic E-state index is 15.3. The first kappa shape index (κ1) is 31.7. The Hall–Kier alpha value is -3.48. The Kier molecular flexibility index (Phi) is 11.9. The highest BCUT2D eigenvalue weighted by atomic mass is 19.1. The van der Waals surface area contributed by atoms with E-state index in [2.05, 4.69) is 20.8 Å². The number of benzene rings is 3. The molecule has 212 valence electrons. The number of hydrogen-bond donors (Lipinski definition) is 1. The number of methoxy groups -OCH3 is 1. The minimum atomic E-state index is -1.03. The zero-order valence-electron chi connectivity index (χ0n) is 23.7. The van der Waals surface area contributed by atoms with Crippen LogP contribution < -0.4 is 9.47 Å². The molecule has 0 bridgehead atoms. The van der Waals surface area contributed by atoms with Crippen LogP contribution in [-0.4, -0.2) is 18.2 Å². The first-order valence-electron chi connectivity index (χ1n) is 13.3. The van der Waals surface area contributed by atoms with Crippen LogP contribution in [0.3, 0.4) is 0 Å². The lowest BCUT2D eigenvalue weighted by Gasteiger charge is -2.26. The Balaban J connectivity index is 0.00000260. The Labute approximate surface area is 229 Å². The van der Waals surface area contributed by atoms with Gasteiger partial charge in [0, 0.05) is 17.5 Å². The molecule has 4 nitrogen and oxygen atoms in total. The van der Waals surface area contributed by atoms with E-state index in [1.165, 1.54) is 37.4 Å². The van der Waals surface area contributed by atoms with Gasteiger partial charge in [0.2, 0.25) is 0 Å². The van der Waals surface area contributed by atoms with E-state index in [4.69, 9.17) is 14.6 Å². The van der Waals surface area contributed by atoms with E-state index < -0.39 is 23.4 Å². The number of aliphatic carboxylic acids is 1. The van der Waals surface area contributed by atoms with Gasteiger partial charge in [0.15, 0.2) is 11.6 Å². The lowest BCUT2D eigenvalue weighted by atomic mass is 9.79. The van der Waals surface area contributed by atoms with Gasteiger partial charge in [-0.3, -0.25) is 4.79 Å². The fourth-order valence-corrected chi connectivity index (χ4v) is 4.55. The lowest BCUT2D eigenvalue weighted by Crippen LogP contribution is -2.16. The third-order valence-corrected chi connectivity index (χ3v) is 6.37. The van der Waals surface area contributed by atoms with Crippen LogP contribution in [-0.2, 0) is 24.2 Å². The summed E-state index contributed by atoms with van der Waals surface area (Å²) in [5, 5.41) is 8.88. The maximum absolute atomic E-state index is 15.3. The number of hydrogen-bond acceptors (Lipinski definition) is 3. The molecule has 0 aliphatic heterocycles. The van der Waals surface area contributed by atoms with Gasteiger partial charge in [-0.2, -0.15) is 0 Å². The zero-order valence-corrected chi connectivity index (χ0v) is 23.7. The molecule has 0 aromatic heterocycles. The highest BCUT2D eigenvalue weighted by Crippen LogP contribution is 2.37. The molecule has 0 aliphatic rings. The Morgan fingerprint density at radius 3 is 2.28 bits per heavy atom. The SMILES string of the molecule is CC.CCCC(C)(C)Cc1cc(COc2cccc(CCC(=O)O)c2F)c(F)cc1-c1cc(OC)ccc1F. The highest BCUT2D eigenvalue weighted by Gasteiger charge is 2.23. The summed E-state index contributed by atoms with van der Waals surface area (Å²) in [6, 6.07) is 11.8. The first-order valence-corrected chi connectivity index (χ1v) is 13.3. The number of carboxylic acid groups (broad SMARTS) is 1. The van der Waals surface area contributed by atoms with Crippen molar-refractivity contribution in [2.75, 3.05) is 7.11 Å². The molecular weight excluding hydrogens is 505 g/mol. The summed E-state index contributed by atoms with van der Waals surface area (Å²) >= 11 is 0. The second kappa shape index (κ2) is 14.6. The van der Waals surface area contributed by atoms with Crippen molar-refractivity contribution >= 4 is 5.97 Å². The number of carboxylic acids is 1. The van der Waals surface area contributed by atoms with E-state index in [1.54, 1.807) is 18.2 Å². The zero-order chi connectivity index (χ0) is 29.2. The molecule has 0 amide bonds. The van der Waals surface area contributed by atoms with Crippen molar-refractivity contribution in [1.82, 2.24) is 0 Å². The summed E-state index contributed by atoms with van der Waals surface area (Å²) in [7, 11) is 1.49. The second-order valence-corrected chi connectivity index (χ2v) is 9.95. The van der Waals surface area contributed by atoms with Gasteiger partial charge in [-0.15, -0.1) is 0 Å². The van der Waals surface area contributed by atoms with Gasteiger partial charge in [-0.25, -0.2) is 13.2 Å². The summed E-state index contributed by atoms with van der Waals surface area (Å²) in [6.45, 7) is 10.1. The number of carbonyl (C=O) groups is 1. The summed E-state index contributed by atoms with van der Waals surface area (Å²) < 4.78 is 55.9. The quantitative estimate of drug-likeness (QED) is 0.248. The Morgan fingerprint density at radius 1 is 0.923 bits per heavy atom. The van der Waals surface area contributed by atoms with E-state index in [0.29, 0.717) is 17.7 Å². The number of ether oxygens (including phenoxy) is 2. The van der Waals surface area contributed by atoms with Crippen molar-refractivity contribution in [3.63, 3.8) is 0 Å². The topological polar surface area (TPSA) is 55.8 Å². The van der Waals surface area contributed by atoms with Crippen molar-refractivity contribution in [2.24, 2.45) is 5.41 Å². The summed E-state index contributed by atoms with van der Waals surface area (Å²) in [5.74, 6) is -2.41. The molecule has 3 aromatic rings. The molecule has 0 spiro atoms. The largest absolute Gasteiger partial charge is 0.497 e. The Bertz CT molecular complexity index is 1250. The molecule has 7 heteroatoms. The van der Waals surface area contributed by atoms with Crippen LogP contribution >= 0.6 is 0 Å². The molecule has 0 saturated heterocycles. The van der Waals surface area contributed by atoms with Gasteiger partial charge in [0.05, 0.1) is 7.11 Å². The number of rotatable bonds is 12. The normalized spacial score (nSPS) is 11.0. The summed E-state index contributed by atoms with van der Waals surface area (Å²) in [4.78, 5) is 10.8. The second-order valence-electron chi connectivity index (χ2n) is 9.95. The van der Waals surface area contributed by atoms with Crippen molar-refractivity contribution in [1.29, 1.82) is 0 Å². The molecule has 0 unspecified atom stereocenters. The molecule has 39 heavy (non-hydrogen) atoms. The molecule has 0 atom stereocenters. The van der Waals surface area contributed by atoms with Crippen molar-refractivity contribution in [2.45, 2.75) is 73.3 Å². The predicted octanol–water partition coefficient (Wildman–Crippen LogP) is 8.77. The summed E-state index contributed by atoms with van der Waals surface area (Å²) in [5.41, 5.74) is 1.73. The molecule has 3 aromatic carbocycles. The van der Waals surface area contributed by atoms with Crippen LogP contribution in [0.15, 0.2) is 48.5 Å². The molecule has 0 heterocycles. The summed E-state index contributed by atoms with van der Waals surface area (Å²) in [6.07, 6.45) is 2.26. The number of aryl methyl sites for hydroxylation is 1.